The zero-order chi connectivity index (χ0) is 4.50. The quantitative estimate of drug-likeness (QED) is 0.348. The maximum Gasteiger partial charge on any atom is 2.00 e. The van der Waals surface area contributed by atoms with Crippen LogP contribution in [-0.2, 0) is 0 Å². The van der Waals surface area contributed by atoms with Gasteiger partial charge in [-0.2, -0.15) is 0 Å². The van der Waals surface area contributed by atoms with Crippen molar-refractivity contribution >= 4 is 27.3 Å². The largest absolute Gasteiger partial charge is 2.00 e. The first-order valence-electron chi connectivity index (χ1n) is 0.617. The molecule has 0 aliphatic carbocycles. The van der Waals surface area contributed by atoms with E-state index in [-0.39, 0.29) is 60.2 Å². The second-order valence-corrected chi connectivity index (χ2v) is 1.13. The molecule has 0 amide bonds. The molecule has 12 heavy (non-hydrogen) atoms. The van der Waals surface area contributed by atoms with E-state index in [1.807, 2.05) is 0 Å². The van der Waals surface area contributed by atoms with Gasteiger partial charge in [0.05, 0.1) is 0 Å². The first-order chi connectivity index (χ1) is 2.00. The molecule has 0 aromatic heterocycles. The maximum absolute atomic E-state index is 8.49. The van der Waals surface area contributed by atoms with Crippen molar-refractivity contribution < 1.29 is 61.7 Å². The average Bonchev–Trinajstić information content (AvgIpc) is 0.722. The summed E-state index contributed by atoms with van der Waals surface area (Å²) in [4.78, 5) is 0. The minimum atomic E-state index is -4.94. The molecule has 2 radical (unpaired) electrons. The molecule has 0 aliphatic rings. The molecule has 0 saturated heterocycles. The standard InChI is InChI=1S/ClHO4.6H2O.Pb/c2-1(3,4)5;;;;;;;/h(H,2,3,4,5);6*1H2;/q;;;;;;;+2/p-1. The van der Waals surface area contributed by atoms with Crippen LogP contribution in [0.15, 0.2) is 0 Å². The predicted octanol–water partition coefficient (Wildman–Crippen LogP) is -10.1. The molecule has 0 aromatic carbocycles. The van der Waals surface area contributed by atoms with Crippen LogP contribution in [0.3, 0.4) is 0 Å². The summed E-state index contributed by atoms with van der Waals surface area (Å²) in [5.41, 5.74) is 0. The molecule has 0 aliphatic heterocycles. The van der Waals surface area contributed by atoms with E-state index in [4.69, 9.17) is 18.6 Å². The van der Waals surface area contributed by atoms with Crippen LogP contribution in [0, 0.1) is 10.2 Å². The molecule has 12 heteroatoms. The number of hydrogen-bond acceptors (Lipinski definition) is 4. The smallest absolute Gasteiger partial charge is 0.412 e. The Labute approximate surface area is 89.2 Å². The van der Waals surface area contributed by atoms with Crippen molar-refractivity contribution in [3.05, 3.63) is 0 Å². The molecule has 82 valence electrons. The van der Waals surface area contributed by atoms with Crippen LogP contribution >= 0.6 is 0 Å². The van der Waals surface area contributed by atoms with Gasteiger partial charge in [-0.3, -0.25) is 0 Å². The van der Waals surface area contributed by atoms with Gasteiger partial charge in [0, 0.05) is 0 Å². The molecule has 12 N–H and O–H groups in total. The molecule has 10 nitrogen and oxygen atoms in total. The van der Waals surface area contributed by atoms with Gasteiger partial charge in [-0.05, 0) is 0 Å². The van der Waals surface area contributed by atoms with Crippen LogP contribution in [0.4, 0.5) is 0 Å². The molecular weight excluding hydrogens is 403 g/mol. The van der Waals surface area contributed by atoms with E-state index >= 15 is 0 Å². The fraction of sp³-hybridized carbons (Fsp3) is 0. The SMILES string of the molecule is O.O.O.O.O.O.[O-][Cl+3]([O-])([O-])[O-].[Pb+2]. The summed E-state index contributed by atoms with van der Waals surface area (Å²) in [6.45, 7) is 0. The third kappa shape index (κ3) is 1580. The third-order valence-electron chi connectivity index (χ3n) is 0. The summed E-state index contributed by atoms with van der Waals surface area (Å²) in [7, 11) is -4.94. The average molecular weight is 415 g/mol. The van der Waals surface area contributed by atoms with Crippen molar-refractivity contribution in [3.8, 4) is 0 Å². The summed E-state index contributed by atoms with van der Waals surface area (Å²) in [6.07, 6.45) is 0. The van der Waals surface area contributed by atoms with Crippen LogP contribution in [0.25, 0.3) is 0 Å². The normalized spacial score (nSPS) is 5.00. The number of hydrogen-bond donors (Lipinski definition) is 0. The zero-order valence-corrected chi connectivity index (χ0v) is 10.2. The van der Waals surface area contributed by atoms with Gasteiger partial charge in [-0.1, -0.05) is 0 Å². The fourth-order valence-electron chi connectivity index (χ4n) is 0. The Hall–Kier alpha value is 0.812. The summed E-state index contributed by atoms with van der Waals surface area (Å²) in [5.74, 6) is 0. The minimum absolute atomic E-state index is 0. The van der Waals surface area contributed by atoms with Crippen LogP contribution < -0.4 is 18.6 Å². The summed E-state index contributed by atoms with van der Waals surface area (Å²) in [6, 6.07) is 0. The molecule has 0 heterocycles. The Balaban J connectivity index is -0.00000000381. The monoisotopic (exact) mass is 415 g/mol. The van der Waals surface area contributed by atoms with Crippen LogP contribution in [0.5, 0.6) is 0 Å². The molecule has 0 atom stereocenters. The van der Waals surface area contributed by atoms with E-state index < -0.39 is 10.2 Å². The summed E-state index contributed by atoms with van der Waals surface area (Å²) < 4.78 is 34.0. The van der Waals surface area contributed by atoms with E-state index in [1.54, 1.807) is 0 Å². The Morgan fingerprint density at radius 2 is 0.500 bits per heavy atom. The van der Waals surface area contributed by atoms with E-state index in [0.717, 1.165) is 0 Å². The second-order valence-electron chi connectivity index (χ2n) is 0.378. The van der Waals surface area contributed by atoms with Gasteiger partial charge < -0.3 is 32.9 Å². The van der Waals surface area contributed by atoms with Gasteiger partial charge in [0.25, 0.3) is 0 Å². The van der Waals surface area contributed by atoms with Crippen molar-refractivity contribution in [3.63, 3.8) is 0 Å². The van der Waals surface area contributed by atoms with Gasteiger partial charge >= 0.3 is 27.3 Å². The molecule has 0 saturated carbocycles. The van der Waals surface area contributed by atoms with Gasteiger partial charge in [-0.15, -0.1) is 10.2 Å². The zero-order valence-electron chi connectivity index (χ0n) is 5.51. The van der Waals surface area contributed by atoms with Gasteiger partial charge in [0.2, 0.25) is 0 Å². The van der Waals surface area contributed by atoms with Gasteiger partial charge in [0.1, 0.15) is 0 Å². The third-order valence-corrected chi connectivity index (χ3v) is 0. The Kier molecular flexibility index (Phi) is 191. The van der Waals surface area contributed by atoms with Crippen molar-refractivity contribution in [1.82, 2.24) is 0 Å². The van der Waals surface area contributed by atoms with Gasteiger partial charge in [-0.25, -0.2) is 18.6 Å². The topological polar surface area (TPSA) is 281 Å². The Bertz CT molecular complexity index is 25.3. The van der Waals surface area contributed by atoms with E-state index in [9.17, 15) is 0 Å². The minimum Gasteiger partial charge on any atom is -0.412 e. The van der Waals surface area contributed by atoms with Crippen molar-refractivity contribution in [2.24, 2.45) is 0 Å². The van der Waals surface area contributed by atoms with Crippen molar-refractivity contribution in [2.45, 2.75) is 0 Å². The second kappa shape index (κ2) is 29.8. The first-order valence-corrected chi connectivity index (χ1v) is 1.85. The van der Waals surface area contributed by atoms with Crippen molar-refractivity contribution in [2.75, 3.05) is 0 Å². The number of halogens is 1. The van der Waals surface area contributed by atoms with E-state index in [0.29, 0.717) is 0 Å². The first kappa shape index (κ1) is 77.2. The molecule has 0 spiro atoms. The molecule has 0 rings (SSSR count). The molecule has 0 fully saturated rings. The predicted molar refractivity (Wildman–Crippen MR) is 27.4 cm³/mol. The molecule has 0 bridgehead atoms. The summed E-state index contributed by atoms with van der Waals surface area (Å²) in [5, 5.41) is 0. The molecule has 0 unspecified atom stereocenters. The van der Waals surface area contributed by atoms with Gasteiger partial charge in [0.15, 0.2) is 0 Å². The Morgan fingerprint density at radius 3 is 0.500 bits per heavy atom. The molecule has 0 aromatic rings. The van der Waals surface area contributed by atoms with E-state index in [1.165, 1.54) is 0 Å². The fourth-order valence-corrected chi connectivity index (χ4v) is 0. The van der Waals surface area contributed by atoms with Crippen LogP contribution in [0.1, 0.15) is 0 Å². The molecular formula is H12ClO10Pb+. The van der Waals surface area contributed by atoms with Crippen LogP contribution in [0.2, 0.25) is 0 Å². The van der Waals surface area contributed by atoms with Crippen molar-refractivity contribution in [1.29, 1.82) is 0 Å². The number of rotatable bonds is 0. The summed E-state index contributed by atoms with van der Waals surface area (Å²) >= 11 is 0. The van der Waals surface area contributed by atoms with Crippen LogP contribution in [-0.4, -0.2) is 60.2 Å². The Morgan fingerprint density at radius 1 is 0.500 bits per heavy atom. The van der Waals surface area contributed by atoms with E-state index in [2.05, 4.69) is 0 Å². The maximum atomic E-state index is 8.49.